The number of benzene rings is 1. The van der Waals surface area contributed by atoms with E-state index in [-0.39, 0.29) is 0 Å². The summed E-state index contributed by atoms with van der Waals surface area (Å²) in [7, 11) is 1.68. The first-order valence-electron chi connectivity index (χ1n) is 5.65. The minimum absolute atomic E-state index is 0.348. The summed E-state index contributed by atoms with van der Waals surface area (Å²) in [5.41, 5.74) is 1.15. The van der Waals surface area contributed by atoms with Crippen LogP contribution in [0.15, 0.2) is 24.3 Å². The van der Waals surface area contributed by atoms with Crippen LogP contribution in [0, 0.1) is 0 Å². The van der Waals surface area contributed by atoms with Crippen LogP contribution < -0.4 is 4.74 Å². The number of likely N-dealkylation sites (tertiary alicyclic amines) is 1. The van der Waals surface area contributed by atoms with E-state index in [1.807, 2.05) is 18.2 Å². The highest BCUT2D eigenvalue weighted by molar-refractivity contribution is 5.81. The van der Waals surface area contributed by atoms with E-state index in [1.54, 1.807) is 7.11 Å². The Balaban J connectivity index is 2.05. The molecule has 0 N–H and O–H groups in total. The molecule has 0 bridgehead atoms. The van der Waals surface area contributed by atoms with Gasteiger partial charge in [0.25, 0.3) is 0 Å². The zero-order valence-corrected chi connectivity index (χ0v) is 9.61. The third kappa shape index (κ3) is 2.61. The van der Waals surface area contributed by atoms with Crippen LogP contribution in [0.2, 0.25) is 0 Å². The van der Waals surface area contributed by atoms with Gasteiger partial charge in [-0.25, -0.2) is 0 Å². The topological polar surface area (TPSA) is 29.5 Å². The van der Waals surface area contributed by atoms with E-state index in [9.17, 15) is 4.79 Å². The van der Waals surface area contributed by atoms with E-state index < -0.39 is 0 Å². The van der Waals surface area contributed by atoms with Gasteiger partial charge in [-0.2, -0.15) is 0 Å². The van der Waals surface area contributed by atoms with Gasteiger partial charge in [0.2, 0.25) is 0 Å². The maximum Gasteiger partial charge on any atom is 0.146 e. The maximum absolute atomic E-state index is 11.3. The Morgan fingerprint density at radius 1 is 1.38 bits per heavy atom. The first-order valence-corrected chi connectivity index (χ1v) is 5.65. The van der Waals surface area contributed by atoms with Gasteiger partial charge in [0.15, 0.2) is 0 Å². The summed E-state index contributed by atoms with van der Waals surface area (Å²) in [4.78, 5) is 13.5. The van der Waals surface area contributed by atoms with Crippen LogP contribution in [0.4, 0.5) is 0 Å². The second kappa shape index (κ2) is 5.12. The van der Waals surface area contributed by atoms with Crippen molar-refractivity contribution in [3.63, 3.8) is 0 Å². The summed E-state index contributed by atoms with van der Waals surface area (Å²) < 4.78 is 5.30. The van der Waals surface area contributed by atoms with Crippen molar-refractivity contribution in [2.24, 2.45) is 0 Å². The van der Waals surface area contributed by atoms with Gasteiger partial charge in [0, 0.05) is 18.5 Å². The van der Waals surface area contributed by atoms with Crippen molar-refractivity contribution in [2.75, 3.05) is 20.2 Å². The average molecular weight is 219 g/mol. The smallest absolute Gasteiger partial charge is 0.146 e. The quantitative estimate of drug-likeness (QED) is 0.777. The Morgan fingerprint density at radius 3 is 2.94 bits per heavy atom. The molecule has 1 aliphatic heterocycles. The molecule has 1 saturated heterocycles. The fourth-order valence-corrected chi connectivity index (χ4v) is 2.12. The van der Waals surface area contributed by atoms with Crippen molar-refractivity contribution in [2.45, 2.75) is 19.4 Å². The summed E-state index contributed by atoms with van der Waals surface area (Å²) in [5.74, 6) is 1.25. The molecule has 0 saturated carbocycles. The number of piperidine rings is 1. The molecule has 0 unspecified atom stereocenters. The fourth-order valence-electron chi connectivity index (χ4n) is 2.12. The molecular formula is C13H17NO2. The number of ketones is 1. The Bertz CT molecular complexity index is 376. The number of carbonyl (C=O) groups excluding carboxylic acids is 1. The van der Waals surface area contributed by atoms with Gasteiger partial charge in [-0.15, -0.1) is 0 Å². The minimum Gasteiger partial charge on any atom is -0.496 e. The second-order valence-electron chi connectivity index (χ2n) is 4.16. The van der Waals surface area contributed by atoms with Crippen molar-refractivity contribution in [3.05, 3.63) is 29.8 Å². The predicted molar refractivity (Wildman–Crippen MR) is 62.5 cm³/mol. The van der Waals surface area contributed by atoms with Crippen LogP contribution in [0.5, 0.6) is 5.75 Å². The summed E-state index contributed by atoms with van der Waals surface area (Å²) in [5, 5.41) is 0. The molecule has 0 aromatic heterocycles. The third-order valence-electron chi connectivity index (χ3n) is 2.92. The molecule has 0 spiro atoms. The van der Waals surface area contributed by atoms with Crippen LogP contribution >= 0.6 is 0 Å². The normalized spacial score (nSPS) is 17.4. The highest BCUT2D eigenvalue weighted by atomic mass is 16.5. The molecule has 0 radical (unpaired) electrons. The highest BCUT2D eigenvalue weighted by Crippen LogP contribution is 2.20. The van der Waals surface area contributed by atoms with Gasteiger partial charge in [-0.05, 0) is 19.0 Å². The van der Waals surface area contributed by atoms with Gasteiger partial charge in [0.05, 0.1) is 13.7 Å². The van der Waals surface area contributed by atoms with Crippen molar-refractivity contribution >= 4 is 5.78 Å². The first-order chi connectivity index (χ1) is 7.79. The maximum atomic E-state index is 11.3. The van der Waals surface area contributed by atoms with Crippen LogP contribution in [-0.2, 0) is 11.3 Å². The molecule has 1 heterocycles. The zero-order valence-electron chi connectivity index (χ0n) is 9.61. The molecule has 86 valence electrons. The molecule has 0 amide bonds. The predicted octanol–water partition coefficient (Wildman–Crippen LogP) is 1.86. The first kappa shape index (κ1) is 11.1. The number of ether oxygens (including phenoxy) is 1. The SMILES string of the molecule is COc1ccccc1CN1CCCC(=O)C1. The zero-order chi connectivity index (χ0) is 11.4. The number of carbonyl (C=O) groups is 1. The third-order valence-corrected chi connectivity index (χ3v) is 2.92. The van der Waals surface area contributed by atoms with Crippen molar-refractivity contribution in [3.8, 4) is 5.75 Å². The lowest BCUT2D eigenvalue weighted by Gasteiger charge is -2.26. The van der Waals surface area contributed by atoms with Gasteiger partial charge >= 0.3 is 0 Å². The molecule has 3 nitrogen and oxygen atoms in total. The molecule has 0 atom stereocenters. The summed E-state index contributed by atoms with van der Waals surface area (Å²) >= 11 is 0. The number of nitrogens with zero attached hydrogens (tertiary/aromatic N) is 1. The fraction of sp³-hybridized carbons (Fsp3) is 0.462. The standard InChI is InChI=1S/C13H17NO2/c1-16-13-7-3-2-5-11(13)9-14-8-4-6-12(15)10-14/h2-3,5,7H,4,6,8-10H2,1H3. The van der Waals surface area contributed by atoms with Crippen molar-refractivity contribution in [1.82, 2.24) is 4.90 Å². The Hall–Kier alpha value is -1.35. The molecule has 16 heavy (non-hydrogen) atoms. The lowest BCUT2D eigenvalue weighted by Crippen LogP contribution is -2.35. The average Bonchev–Trinajstić information content (AvgIpc) is 2.30. The highest BCUT2D eigenvalue weighted by Gasteiger charge is 2.17. The van der Waals surface area contributed by atoms with Gasteiger partial charge < -0.3 is 4.74 Å². The molecular weight excluding hydrogens is 202 g/mol. The Morgan fingerprint density at radius 2 is 2.19 bits per heavy atom. The van der Waals surface area contributed by atoms with E-state index in [0.717, 1.165) is 37.2 Å². The number of hydrogen-bond donors (Lipinski definition) is 0. The molecule has 1 aromatic carbocycles. The largest absolute Gasteiger partial charge is 0.496 e. The molecule has 0 aliphatic carbocycles. The molecule has 1 fully saturated rings. The van der Waals surface area contributed by atoms with Crippen molar-refractivity contribution < 1.29 is 9.53 Å². The summed E-state index contributed by atoms with van der Waals surface area (Å²) in [6.07, 6.45) is 1.72. The lowest BCUT2D eigenvalue weighted by molar-refractivity contribution is -0.122. The summed E-state index contributed by atoms with van der Waals surface area (Å²) in [6.45, 7) is 2.39. The number of hydrogen-bond acceptors (Lipinski definition) is 3. The number of methoxy groups -OCH3 is 1. The molecule has 3 heteroatoms. The van der Waals surface area contributed by atoms with E-state index in [4.69, 9.17) is 4.74 Å². The van der Waals surface area contributed by atoms with E-state index >= 15 is 0 Å². The van der Waals surface area contributed by atoms with E-state index in [0.29, 0.717) is 12.3 Å². The number of Topliss-reactive ketones (excluding diaryl/α,β-unsaturated/α-hetero) is 1. The molecule has 1 aliphatic rings. The monoisotopic (exact) mass is 219 g/mol. The second-order valence-corrected chi connectivity index (χ2v) is 4.16. The van der Waals surface area contributed by atoms with Gasteiger partial charge in [0.1, 0.15) is 11.5 Å². The van der Waals surface area contributed by atoms with Gasteiger partial charge in [-0.3, -0.25) is 9.69 Å². The summed E-state index contributed by atoms with van der Waals surface area (Å²) in [6, 6.07) is 7.98. The van der Waals surface area contributed by atoms with E-state index in [1.165, 1.54) is 0 Å². The van der Waals surface area contributed by atoms with Crippen LogP contribution in [0.3, 0.4) is 0 Å². The Kier molecular flexibility index (Phi) is 3.57. The molecule has 1 aromatic rings. The van der Waals surface area contributed by atoms with Crippen LogP contribution in [0.1, 0.15) is 18.4 Å². The lowest BCUT2D eigenvalue weighted by atomic mass is 10.1. The van der Waals surface area contributed by atoms with Crippen LogP contribution in [-0.4, -0.2) is 30.9 Å². The number of para-hydroxylation sites is 1. The number of rotatable bonds is 3. The molecule has 2 rings (SSSR count). The minimum atomic E-state index is 0.348. The Labute approximate surface area is 96.0 Å². The van der Waals surface area contributed by atoms with Crippen molar-refractivity contribution in [1.29, 1.82) is 0 Å². The van der Waals surface area contributed by atoms with Crippen LogP contribution in [0.25, 0.3) is 0 Å². The van der Waals surface area contributed by atoms with E-state index in [2.05, 4.69) is 11.0 Å². The van der Waals surface area contributed by atoms with Gasteiger partial charge in [-0.1, -0.05) is 18.2 Å².